The van der Waals surface area contributed by atoms with Gasteiger partial charge in [-0.1, -0.05) is 15.9 Å². The predicted molar refractivity (Wildman–Crippen MR) is 85.8 cm³/mol. The molecule has 2 rings (SSSR count). The molecular weight excluding hydrogens is 336 g/mol. The Hall–Kier alpha value is -1.95. The Morgan fingerprint density at radius 1 is 1.38 bits per heavy atom. The molecule has 0 aliphatic rings. The number of carbonyl (C=O) groups excluding carboxylic acids is 1. The van der Waals surface area contributed by atoms with Gasteiger partial charge < -0.3 is 19.4 Å². The van der Waals surface area contributed by atoms with Crippen molar-refractivity contribution < 1.29 is 13.9 Å². The number of nitrogens with zero attached hydrogens (tertiary/aromatic N) is 1. The van der Waals surface area contributed by atoms with Gasteiger partial charge in [0.2, 0.25) is 0 Å². The average molecular weight is 353 g/mol. The molecule has 1 heterocycles. The summed E-state index contributed by atoms with van der Waals surface area (Å²) >= 11 is 3.46. The van der Waals surface area contributed by atoms with E-state index in [1.54, 1.807) is 6.07 Å². The molecule has 0 saturated heterocycles. The van der Waals surface area contributed by atoms with Gasteiger partial charge in [-0.3, -0.25) is 0 Å². The average Bonchev–Trinajstić information content (AvgIpc) is 2.93. The molecular formula is C15H17BrN2O3. The topological polar surface area (TPSA) is 54.7 Å². The van der Waals surface area contributed by atoms with Gasteiger partial charge in [0, 0.05) is 18.6 Å². The van der Waals surface area contributed by atoms with Crippen LogP contribution in [-0.2, 0) is 11.3 Å². The van der Waals surface area contributed by atoms with Crippen LogP contribution in [0.5, 0.6) is 0 Å². The van der Waals surface area contributed by atoms with Gasteiger partial charge in [-0.25, -0.2) is 4.79 Å². The highest BCUT2D eigenvalue weighted by Gasteiger charge is 2.11. The maximum Gasteiger partial charge on any atom is 0.341 e. The minimum Gasteiger partial charge on any atom is -0.467 e. The summed E-state index contributed by atoms with van der Waals surface area (Å²) in [6.45, 7) is 0.480. The summed E-state index contributed by atoms with van der Waals surface area (Å²) in [6.07, 6.45) is 1.40. The SMILES string of the molecule is COC(=O)c1coc(CNc2cc(Br)ccc2N(C)C)c1. The van der Waals surface area contributed by atoms with Crippen LogP contribution in [0.2, 0.25) is 0 Å². The van der Waals surface area contributed by atoms with Crippen LogP contribution >= 0.6 is 15.9 Å². The summed E-state index contributed by atoms with van der Waals surface area (Å²) < 4.78 is 11.0. The van der Waals surface area contributed by atoms with Gasteiger partial charge in [0.15, 0.2) is 0 Å². The van der Waals surface area contributed by atoms with E-state index in [0.29, 0.717) is 17.9 Å². The first kappa shape index (κ1) is 15.4. The fourth-order valence-electron chi connectivity index (χ4n) is 1.92. The molecule has 0 atom stereocenters. The fourth-order valence-corrected chi connectivity index (χ4v) is 2.28. The van der Waals surface area contributed by atoms with E-state index >= 15 is 0 Å². The normalized spacial score (nSPS) is 10.3. The lowest BCUT2D eigenvalue weighted by atomic mass is 10.2. The molecule has 21 heavy (non-hydrogen) atoms. The van der Waals surface area contributed by atoms with Gasteiger partial charge in [0.1, 0.15) is 12.0 Å². The van der Waals surface area contributed by atoms with Crippen LogP contribution in [0.15, 0.2) is 39.4 Å². The second-order valence-electron chi connectivity index (χ2n) is 4.70. The van der Waals surface area contributed by atoms with Crippen molar-refractivity contribution in [1.29, 1.82) is 0 Å². The van der Waals surface area contributed by atoms with Crippen molar-refractivity contribution in [3.63, 3.8) is 0 Å². The summed E-state index contributed by atoms with van der Waals surface area (Å²) in [5, 5.41) is 3.30. The number of methoxy groups -OCH3 is 1. The standard InChI is InChI=1S/C15H17BrN2O3/c1-18(2)14-5-4-11(16)7-13(14)17-8-12-6-10(9-21-12)15(19)20-3/h4-7,9,17H,8H2,1-3H3. The van der Waals surface area contributed by atoms with Crippen molar-refractivity contribution in [3.05, 3.63) is 46.3 Å². The largest absolute Gasteiger partial charge is 0.467 e. The lowest BCUT2D eigenvalue weighted by Gasteiger charge is -2.18. The van der Waals surface area contributed by atoms with Crippen molar-refractivity contribution in [2.45, 2.75) is 6.54 Å². The van der Waals surface area contributed by atoms with E-state index in [1.165, 1.54) is 13.4 Å². The third-order valence-corrected chi connectivity index (χ3v) is 3.46. The van der Waals surface area contributed by atoms with Crippen LogP contribution in [0.3, 0.4) is 0 Å². The predicted octanol–water partition coefficient (Wildman–Crippen LogP) is 3.51. The van der Waals surface area contributed by atoms with Gasteiger partial charge in [0.05, 0.1) is 30.6 Å². The number of hydrogen-bond donors (Lipinski definition) is 1. The lowest BCUT2D eigenvalue weighted by molar-refractivity contribution is 0.0600. The Morgan fingerprint density at radius 2 is 2.14 bits per heavy atom. The van der Waals surface area contributed by atoms with Crippen molar-refractivity contribution in [1.82, 2.24) is 0 Å². The Morgan fingerprint density at radius 3 is 2.81 bits per heavy atom. The number of hydrogen-bond acceptors (Lipinski definition) is 5. The highest BCUT2D eigenvalue weighted by Crippen LogP contribution is 2.28. The first-order valence-corrected chi connectivity index (χ1v) is 7.17. The molecule has 112 valence electrons. The number of esters is 1. The Labute approximate surface area is 132 Å². The van der Waals surface area contributed by atoms with E-state index in [2.05, 4.69) is 26.0 Å². The highest BCUT2D eigenvalue weighted by atomic mass is 79.9. The van der Waals surface area contributed by atoms with Crippen molar-refractivity contribution in [2.24, 2.45) is 0 Å². The molecule has 0 unspecified atom stereocenters. The zero-order valence-electron chi connectivity index (χ0n) is 12.1. The van der Waals surface area contributed by atoms with E-state index in [-0.39, 0.29) is 0 Å². The van der Waals surface area contributed by atoms with Crippen LogP contribution < -0.4 is 10.2 Å². The first-order chi connectivity index (χ1) is 10.0. The smallest absolute Gasteiger partial charge is 0.341 e. The highest BCUT2D eigenvalue weighted by molar-refractivity contribution is 9.10. The molecule has 5 nitrogen and oxygen atoms in total. The lowest BCUT2D eigenvalue weighted by Crippen LogP contribution is -2.12. The molecule has 0 aliphatic heterocycles. The number of halogens is 1. The molecule has 0 fully saturated rings. The summed E-state index contributed by atoms with van der Waals surface area (Å²) in [6, 6.07) is 7.68. The molecule has 0 radical (unpaired) electrons. The number of anilines is 2. The van der Waals surface area contributed by atoms with E-state index < -0.39 is 5.97 Å². The van der Waals surface area contributed by atoms with Crippen LogP contribution in [0, 0.1) is 0 Å². The van der Waals surface area contributed by atoms with Gasteiger partial charge in [-0.2, -0.15) is 0 Å². The van der Waals surface area contributed by atoms with Gasteiger partial charge in [0.25, 0.3) is 0 Å². The zero-order valence-corrected chi connectivity index (χ0v) is 13.7. The molecule has 1 N–H and O–H groups in total. The third kappa shape index (κ3) is 3.78. The van der Waals surface area contributed by atoms with Crippen LogP contribution in [0.1, 0.15) is 16.1 Å². The number of ether oxygens (including phenoxy) is 1. The molecule has 6 heteroatoms. The van der Waals surface area contributed by atoms with Crippen LogP contribution in [-0.4, -0.2) is 27.2 Å². The molecule has 0 bridgehead atoms. The molecule has 0 aliphatic carbocycles. The maximum absolute atomic E-state index is 11.4. The zero-order chi connectivity index (χ0) is 15.4. The summed E-state index contributed by atoms with van der Waals surface area (Å²) in [5.74, 6) is 0.265. The van der Waals surface area contributed by atoms with Crippen LogP contribution in [0.25, 0.3) is 0 Å². The fraction of sp³-hybridized carbons (Fsp3) is 0.267. The number of nitrogens with one attached hydrogen (secondary N) is 1. The van der Waals surface area contributed by atoms with E-state index in [1.807, 2.05) is 37.2 Å². The van der Waals surface area contributed by atoms with Gasteiger partial charge in [-0.15, -0.1) is 0 Å². The number of benzene rings is 1. The van der Waals surface area contributed by atoms with Crippen molar-refractivity contribution >= 4 is 33.3 Å². The second-order valence-corrected chi connectivity index (χ2v) is 5.62. The Balaban J connectivity index is 2.11. The molecule has 1 aromatic carbocycles. The van der Waals surface area contributed by atoms with Crippen LogP contribution in [0.4, 0.5) is 11.4 Å². The minimum atomic E-state index is -0.401. The maximum atomic E-state index is 11.4. The summed E-state index contributed by atoms with van der Waals surface area (Å²) in [4.78, 5) is 13.4. The summed E-state index contributed by atoms with van der Waals surface area (Å²) in [5.41, 5.74) is 2.46. The number of carbonyl (C=O) groups is 1. The molecule has 1 aromatic heterocycles. The van der Waals surface area contributed by atoms with Gasteiger partial charge in [-0.05, 0) is 24.3 Å². The Kier molecular flexibility index (Phi) is 4.90. The van der Waals surface area contributed by atoms with Crippen molar-refractivity contribution in [2.75, 3.05) is 31.4 Å². The van der Waals surface area contributed by atoms with E-state index in [4.69, 9.17) is 4.42 Å². The quantitative estimate of drug-likeness (QED) is 0.834. The molecule has 2 aromatic rings. The van der Waals surface area contributed by atoms with Crippen molar-refractivity contribution in [3.8, 4) is 0 Å². The number of furan rings is 1. The summed E-state index contributed by atoms with van der Waals surface area (Å²) in [7, 11) is 5.31. The molecule has 0 amide bonds. The van der Waals surface area contributed by atoms with Gasteiger partial charge >= 0.3 is 5.97 Å². The molecule has 0 saturated carbocycles. The Bertz CT molecular complexity index is 638. The molecule has 0 spiro atoms. The first-order valence-electron chi connectivity index (χ1n) is 6.37. The minimum absolute atomic E-state index is 0.401. The van der Waals surface area contributed by atoms with E-state index in [0.717, 1.165) is 15.8 Å². The monoisotopic (exact) mass is 352 g/mol. The number of rotatable bonds is 5. The van der Waals surface area contributed by atoms with E-state index in [9.17, 15) is 4.79 Å². The third-order valence-electron chi connectivity index (χ3n) is 2.97. The second kappa shape index (κ2) is 6.67.